The number of nitrogens with zero attached hydrogens (tertiary/aromatic N) is 3. The van der Waals surface area contributed by atoms with Crippen LogP contribution in [-0.4, -0.2) is 34.0 Å². The van der Waals surface area contributed by atoms with E-state index in [1.807, 2.05) is 6.92 Å². The molecule has 2 aromatic rings. The summed E-state index contributed by atoms with van der Waals surface area (Å²) >= 11 is 0. The van der Waals surface area contributed by atoms with Crippen LogP contribution in [-0.2, 0) is 11.3 Å². The quantitative estimate of drug-likeness (QED) is 0.819. The summed E-state index contributed by atoms with van der Waals surface area (Å²) in [7, 11) is 1.67. The second kappa shape index (κ2) is 5.29. The first kappa shape index (κ1) is 14.3. The summed E-state index contributed by atoms with van der Waals surface area (Å²) in [6.07, 6.45) is 1.61. The van der Waals surface area contributed by atoms with Gasteiger partial charge in [0, 0.05) is 7.05 Å². The highest BCUT2D eigenvalue weighted by Gasteiger charge is 2.27. The third-order valence-corrected chi connectivity index (χ3v) is 3.63. The molecule has 5 nitrogen and oxygen atoms in total. The molecular weight excluding hydrogens is 285 g/mol. The van der Waals surface area contributed by atoms with Crippen molar-refractivity contribution in [3.05, 3.63) is 53.9 Å². The van der Waals surface area contributed by atoms with Gasteiger partial charge >= 0.3 is 0 Å². The van der Waals surface area contributed by atoms with Crippen LogP contribution in [0.15, 0.2) is 31.1 Å². The van der Waals surface area contributed by atoms with E-state index in [1.54, 1.807) is 24.0 Å². The summed E-state index contributed by atoms with van der Waals surface area (Å²) in [6, 6.07) is 4.17. The highest BCUT2D eigenvalue weighted by Crippen LogP contribution is 2.28. The van der Waals surface area contributed by atoms with Crippen molar-refractivity contribution >= 4 is 11.7 Å². The number of imidazole rings is 1. The fraction of sp³-hybridized carbons (Fsp3) is 0.250. The van der Waals surface area contributed by atoms with E-state index in [1.165, 1.54) is 17.0 Å². The number of carbonyl (C=O) groups is 1. The van der Waals surface area contributed by atoms with E-state index in [2.05, 4.69) is 11.6 Å². The molecular formula is C16H16FN3O2. The van der Waals surface area contributed by atoms with Gasteiger partial charge in [0.05, 0.1) is 30.1 Å². The molecule has 0 spiro atoms. The van der Waals surface area contributed by atoms with Crippen LogP contribution in [0.5, 0.6) is 0 Å². The fourth-order valence-electron chi connectivity index (χ4n) is 2.60. The zero-order chi connectivity index (χ0) is 15.9. The Labute approximate surface area is 127 Å². The zero-order valence-corrected chi connectivity index (χ0v) is 12.5. The smallest absolute Gasteiger partial charge is 0.256 e. The molecule has 1 aromatic heterocycles. The molecule has 0 aliphatic carbocycles. The minimum atomic E-state index is -0.442. The summed E-state index contributed by atoms with van der Waals surface area (Å²) in [6.45, 7) is 6.58. The zero-order valence-electron chi connectivity index (χ0n) is 12.5. The number of ether oxygens (including phenoxy) is 1. The van der Waals surface area contributed by atoms with E-state index in [-0.39, 0.29) is 5.91 Å². The van der Waals surface area contributed by atoms with Gasteiger partial charge < -0.3 is 9.64 Å². The largest absolute Gasteiger partial charge is 0.492 e. The first-order valence-corrected chi connectivity index (χ1v) is 6.96. The predicted molar refractivity (Wildman–Crippen MR) is 80.0 cm³/mol. The Morgan fingerprint density at radius 1 is 1.50 bits per heavy atom. The third-order valence-electron chi connectivity index (χ3n) is 3.63. The normalized spacial score (nSPS) is 13.4. The molecule has 1 amide bonds. The average molecular weight is 301 g/mol. The van der Waals surface area contributed by atoms with Crippen molar-refractivity contribution < 1.29 is 13.9 Å². The molecule has 1 aliphatic rings. The molecule has 1 aliphatic heterocycles. The van der Waals surface area contributed by atoms with Crippen molar-refractivity contribution in [2.75, 3.05) is 13.7 Å². The van der Waals surface area contributed by atoms with Gasteiger partial charge in [-0.3, -0.25) is 9.36 Å². The van der Waals surface area contributed by atoms with Crippen molar-refractivity contribution in [2.24, 2.45) is 0 Å². The van der Waals surface area contributed by atoms with Gasteiger partial charge in [0.25, 0.3) is 5.91 Å². The number of hydrogen-bond acceptors (Lipinski definition) is 3. The van der Waals surface area contributed by atoms with Crippen LogP contribution in [0.3, 0.4) is 0 Å². The van der Waals surface area contributed by atoms with Crippen LogP contribution in [0.4, 0.5) is 4.39 Å². The average Bonchev–Trinajstić information content (AvgIpc) is 2.86. The Bertz CT molecular complexity index is 767. The molecule has 0 fully saturated rings. The van der Waals surface area contributed by atoms with Gasteiger partial charge in [-0.05, 0) is 25.1 Å². The Morgan fingerprint density at radius 3 is 3.00 bits per heavy atom. The Balaban J connectivity index is 2.20. The summed E-state index contributed by atoms with van der Waals surface area (Å²) < 4.78 is 20.7. The van der Waals surface area contributed by atoms with Gasteiger partial charge in [-0.1, -0.05) is 6.58 Å². The monoisotopic (exact) mass is 301 g/mol. The maximum Gasteiger partial charge on any atom is 0.256 e. The molecule has 0 unspecified atom stereocenters. The summed E-state index contributed by atoms with van der Waals surface area (Å²) in [5.74, 6) is -0.211. The SMILES string of the molecule is C=C(OCC)c1ncn2c1CN(C)C(=O)c1cc(F)ccc1-2. The van der Waals surface area contributed by atoms with Gasteiger partial charge in [0.2, 0.25) is 0 Å². The maximum absolute atomic E-state index is 13.5. The van der Waals surface area contributed by atoms with Crippen molar-refractivity contribution in [3.8, 4) is 5.69 Å². The topological polar surface area (TPSA) is 47.4 Å². The molecule has 0 N–H and O–H groups in total. The number of amides is 1. The lowest BCUT2D eigenvalue weighted by Crippen LogP contribution is -2.25. The number of benzene rings is 1. The lowest BCUT2D eigenvalue weighted by Gasteiger charge is -2.15. The summed E-state index contributed by atoms with van der Waals surface area (Å²) in [5, 5.41) is 0. The van der Waals surface area contributed by atoms with E-state index < -0.39 is 5.82 Å². The Kier molecular flexibility index (Phi) is 3.44. The molecule has 3 rings (SSSR count). The van der Waals surface area contributed by atoms with E-state index in [4.69, 9.17) is 4.74 Å². The number of aromatic nitrogens is 2. The lowest BCUT2D eigenvalue weighted by molar-refractivity contribution is 0.0787. The molecule has 0 radical (unpaired) electrons. The molecule has 114 valence electrons. The van der Waals surface area contributed by atoms with E-state index >= 15 is 0 Å². The van der Waals surface area contributed by atoms with Crippen LogP contribution in [0, 0.1) is 5.82 Å². The van der Waals surface area contributed by atoms with Crippen LogP contribution >= 0.6 is 0 Å². The number of rotatable bonds is 3. The molecule has 1 aromatic carbocycles. The molecule has 0 bridgehead atoms. The Morgan fingerprint density at radius 2 is 2.27 bits per heavy atom. The van der Waals surface area contributed by atoms with Gasteiger partial charge in [0.1, 0.15) is 23.6 Å². The molecule has 6 heteroatoms. The van der Waals surface area contributed by atoms with Crippen molar-refractivity contribution in [3.63, 3.8) is 0 Å². The number of hydrogen-bond donors (Lipinski definition) is 0. The minimum absolute atomic E-state index is 0.230. The van der Waals surface area contributed by atoms with Crippen molar-refractivity contribution in [1.82, 2.24) is 14.5 Å². The first-order valence-electron chi connectivity index (χ1n) is 6.96. The summed E-state index contributed by atoms with van der Waals surface area (Å²) in [4.78, 5) is 18.3. The molecule has 0 atom stereocenters. The third kappa shape index (κ3) is 2.16. The predicted octanol–water partition coefficient (Wildman–Crippen LogP) is 2.60. The molecule has 22 heavy (non-hydrogen) atoms. The van der Waals surface area contributed by atoms with Gasteiger partial charge in [0.15, 0.2) is 0 Å². The Hall–Kier alpha value is -2.63. The molecule has 2 heterocycles. The standard InChI is InChI=1S/C16H16FN3O2/c1-4-22-10(2)15-14-8-19(3)16(21)12-7-11(17)5-6-13(12)20(14)9-18-15/h5-7,9H,2,4,8H2,1,3H3. The second-order valence-electron chi connectivity index (χ2n) is 5.09. The van der Waals surface area contributed by atoms with Crippen LogP contribution in [0.1, 0.15) is 28.7 Å². The van der Waals surface area contributed by atoms with Crippen molar-refractivity contribution in [2.45, 2.75) is 13.5 Å². The van der Waals surface area contributed by atoms with E-state index in [9.17, 15) is 9.18 Å². The van der Waals surface area contributed by atoms with Gasteiger partial charge in [-0.2, -0.15) is 0 Å². The second-order valence-corrected chi connectivity index (χ2v) is 5.09. The summed E-state index contributed by atoms with van der Waals surface area (Å²) in [5.41, 5.74) is 2.32. The number of carbonyl (C=O) groups excluding carboxylic acids is 1. The van der Waals surface area contributed by atoms with Gasteiger partial charge in [-0.15, -0.1) is 0 Å². The first-order chi connectivity index (χ1) is 10.5. The van der Waals surface area contributed by atoms with E-state index in [0.717, 1.165) is 5.69 Å². The lowest BCUT2D eigenvalue weighted by atomic mass is 10.1. The highest BCUT2D eigenvalue weighted by atomic mass is 19.1. The minimum Gasteiger partial charge on any atom is -0.492 e. The van der Waals surface area contributed by atoms with Gasteiger partial charge in [-0.25, -0.2) is 9.37 Å². The van der Waals surface area contributed by atoms with E-state index in [0.29, 0.717) is 35.9 Å². The maximum atomic E-state index is 13.5. The molecule has 0 saturated heterocycles. The number of fused-ring (bicyclic) bond motifs is 3. The van der Waals surface area contributed by atoms with Crippen LogP contribution in [0.25, 0.3) is 11.4 Å². The highest BCUT2D eigenvalue weighted by molar-refractivity contribution is 5.98. The molecule has 0 saturated carbocycles. The fourth-order valence-corrected chi connectivity index (χ4v) is 2.60. The van der Waals surface area contributed by atoms with Crippen LogP contribution in [0.2, 0.25) is 0 Å². The van der Waals surface area contributed by atoms with Crippen molar-refractivity contribution in [1.29, 1.82) is 0 Å². The van der Waals surface area contributed by atoms with Crippen LogP contribution < -0.4 is 0 Å². The number of halogens is 1.